The maximum Gasteiger partial charge on any atom is 0.248 e. The molecule has 0 heterocycles. The number of carbonyl (C=O) groups excluding carboxylic acids is 1. The molecule has 0 aliphatic heterocycles. The summed E-state index contributed by atoms with van der Waals surface area (Å²) in [7, 11) is 4.10. The molecule has 5 nitrogen and oxygen atoms in total. The van der Waals surface area contributed by atoms with Gasteiger partial charge < -0.3 is 21.7 Å². The van der Waals surface area contributed by atoms with Gasteiger partial charge in [0, 0.05) is 18.2 Å². The first-order valence-electron chi connectivity index (χ1n) is 6.90. The number of anilines is 2. The van der Waals surface area contributed by atoms with E-state index in [-0.39, 0.29) is 0 Å². The van der Waals surface area contributed by atoms with Gasteiger partial charge in [0.25, 0.3) is 0 Å². The molecule has 112 valence electrons. The third-order valence-electron chi connectivity index (χ3n) is 3.04. The van der Waals surface area contributed by atoms with Gasteiger partial charge in [0.05, 0.1) is 11.4 Å². The summed E-state index contributed by atoms with van der Waals surface area (Å²) in [5.74, 6) is 0.133. The normalized spacial score (nSPS) is 12.7. The summed E-state index contributed by atoms with van der Waals surface area (Å²) in [5, 5.41) is 3.46. The average Bonchev–Trinajstić information content (AvgIpc) is 2.29. The van der Waals surface area contributed by atoms with Gasteiger partial charge in [-0.25, -0.2) is 0 Å². The molecular formula is C15H26N4O. The molecule has 0 saturated heterocycles. The second-order valence-electron chi connectivity index (χ2n) is 5.90. The summed E-state index contributed by atoms with van der Waals surface area (Å²) in [6.07, 6.45) is 1.05. The molecule has 0 saturated carbocycles. The number of primary amides is 1. The van der Waals surface area contributed by atoms with Crippen LogP contribution in [0.1, 0.15) is 30.6 Å². The predicted molar refractivity (Wildman–Crippen MR) is 84.8 cm³/mol. The predicted octanol–water partition coefficient (Wildman–Crippen LogP) is 1.76. The van der Waals surface area contributed by atoms with E-state index in [4.69, 9.17) is 11.5 Å². The zero-order chi connectivity index (χ0) is 15.3. The zero-order valence-corrected chi connectivity index (χ0v) is 12.8. The first-order valence-corrected chi connectivity index (χ1v) is 6.90. The molecule has 1 aromatic rings. The van der Waals surface area contributed by atoms with E-state index in [9.17, 15) is 4.79 Å². The summed E-state index contributed by atoms with van der Waals surface area (Å²) in [6.45, 7) is 5.32. The van der Waals surface area contributed by atoms with Crippen LogP contribution < -0.4 is 16.8 Å². The topological polar surface area (TPSA) is 84.4 Å². The number of hydrogen-bond acceptors (Lipinski definition) is 4. The second kappa shape index (κ2) is 7.14. The molecule has 1 unspecified atom stereocenters. The molecule has 1 amide bonds. The lowest BCUT2D eigenvalue weighted by molar-refractivity contribution is 0.100. The molecule has 0 fully saturated rings. The first kappa shape index (κ1) is 16.3. The number of nitrogens with two attached hydrogens (primary N) is 2. The largest absolute Gasteiger partial charge is 0.397 e. The van der Waals surface area contributed by atoms with Gasteiger partial charge in [0.1, 0.15) is 0 Å². The third-order valence-corrected chi connectivity index (χ3v) is 3.04. The summed E-state index contributed by atoms with van der Waals surface area (Å²) < 4.78 is 0. The van der Waals surface area contributed by atoms with Gasteiger partial charge in [-0.1, -0.05) is 13.8 Å². The molecule has 0 aromatic heterocycles. The lowest BCUT2D eigenvalue weighted by Crippen LogP contribution is -2.33. The van der Waals surface area contributed by atoms with E-state index in [1.165, 1.54) is 0 Å². The van der Waals surface area contributed by atoms with Gasteiger partial charge in [0.15, 0.2) is 0 Å². The summed E-state index contributed by atoms with van der Waals surface area (Å²) in [5.41, 5.74) is 13.1. The molecule has 0 radical (unpaired) electrons. The van der Waals surface area contributed by atoms with Crippen molar-refractivity contribution in [3.05, 3.63) is 23.8 Å². The highest BCUT2D eigenvalue weighted by Crippen LogP contribution is 2.22. The van der Waals surface area contributed by atoms with Crippen LogP contribution in [0.2, 0.25) is 0 Å². The summed E-state index contributed by atoms with van der Waals surface area (Å²) in [4.78, 5) is 13.3. The minimum atomic E-state index is -0.463. The van der Waals surface area contributed by atoms with Crippen molar-refractivity contribution < 1.29 is 4.79 Å². The number of carbonyl (C=O) groups is 1. The molecule has 0 bridgehead atoms. The average molecular weight is 278 g/mol. The molecule has 0 spiro atoms. The number of nitrogens with one attached hydrogen (secondary N) is 1. The highest BCUT2D eigenvalue weighted by Gasteiger charge is 2.14. The van der Waals surface area contributed by atoms with E-state index >= 15 is 0 Å². The van der Waals surface area contributed by atoms with Crippen LogP contribution in [0.25, 0.3) is 0 Å². The van der Waals surface area contributed by atoms with Crippen molar-refractivity contribution >= 4 is 17.3 Å². The lowest BCUT2D eigenvalue weighted by atomic mass is 10.0. The molecule has 0 aliphatic carbocycles. The Bertz CT molecular complexity index is 447. The number of amides is 1. The van der Waals surface area contributed by atoms with E-state index in [0.29, 0.717) is 23.2 Å². The Morgan fingerprint density at radius 2 is 2.00 bits per heavy atom. The summed E-state index contributed by atoms with van der Waals surface area (Å²) in [6, 6.07) is 5.45. The number of rotatable bonds is 7. The van der Waals surface area contributed by atoms with E-state index in [2.05, 4.69) is 38.2 Å². The van der Waals surface area contributed by atoms with Crippen LogP contribution in [0.4, 0.5) is 11.4 Å². The number of benzene rings is 1. The van der Waals surface area contributed by atoms with Crippen LogP contribution >= 0.6 is 0 Å². The Kier molecular flexibility index (Phi) is 5.82. The molecule has 5 N–H and O–H groups in total. The van der Waals surface area contributed by atoms with Crippen LogP contribution in [-0.2, 0) is 0 Å². The molecule has 20 heavy (non-hydrogen) atoms. The summed E-state index contributed by atoms with van der Waals surface area (Å²) >= 11 is 0. The highest BCUT2D eigenvalue weighted by atomic mass is 16.1. The molecule has 1 rings (SSSR count). The van der Waals surface area contributed by atoms with Crippen LogP contribution in [0, 0.1) is 5.92 Å². The van der Waals surface area contributed by atoms with Crippen LogP contribution in [-0.4, -0.2) is 37.5 Å². The molecule has 1 atom stereocenters. The minimum Gasteiger partial charge on any atom is -0.397 e. The van der Waals surface area contributed by atoms with Crippen molar-refractivity contribution in [1.82, 2.24) is 4.90 Å². The van der Waals surface area contributed by atoms with E-state index in [1.807, 2.05) is 6.07 Å². The van der Waals surface area contributed by atoms with Gasteiger partial charge in [-0.15, -0.1) is 0 Å². The van der Waals surface area contributed by atoms with E-state index in [1.54, 1.807) is 12.1 Å². The van der Waals surface area contributed by atoms with Crippen LogP contribution in [0.3, 0.4) is 0 Å². The highest BCUT2D eigenvalue weighted by molar-refractivity contribution is 5.94. The molecular weight excluding hydrogens is 252 g/mol. The van der Waals surface area contributed by atoms with Crippen molar-refractivity contribution in [2.75, 3.05) is 31.7 Å². The van der Waals surface area contributed by atoms with Crippen molar-refractivity contribution in [1.29, 1.82) is 0 Å². The fraction of sp³-hybridized carbons (Fsp3) is 0.533. The maximum absolute atomic E-state index is 11.1. The number of nitrogens with zero attached hydrogens (tertiary/aromatic N) is 1. The van der Waals surface area contributed by atoms with Gasteiger partial charge in [-0.3, -0.25) is 4.79 Å². The van der Waals surface area contributed by atoms with Crippen LogP contribution in [0.5, 0.6) is 0 Å². The van der Waals surface area contributed by atoms with Crippen LogP contribution in [0.15, 0.2) is 18.2 Å². The Morgan fingerprint density at radius 3 is 2.45 bits per heavy atom. The van der Waals surface area contributed by atoms with Crippen molar-refractivity contribution in [2.45, 2.75) is 26.3 Å². The number of nitrogen functional groups attached to an aromatic ring is 1. The van der Waals surface area contributed by atoms with E-state index < -0.39 is 5.91 Å². The SMILES string of the molecule is CC(C)CC(CN(C)C)Nc1ccc(C(N)=O)cc1N. The van der Waals surface area contributed by atoms with Gasteiger partial charge in [0.2, 0.25) is 5.91 Å². The monoisotopic (exact) mass is 278 g/mol. The Labute approximate surface area is 121 Å². The Morgan fingerprint density at radius 1 is 1.35 bits per heavy atom. The molecule has 1 aromatic carbocycles. The Balaban J connectivity index is 2.84. The Hall–Kier alpha value is -1.75. The van der Waals surface area contributed by atoms with Gasteiger partial charge in [-0.05, 0) is 44.6 Å². The van der Waals surface area contributed by atoms with Crippen molar-refractivity contribution in [3.8, 4) is 0 Å². The maximum atomic E-state index is 11.1. The third kappa shape index (κ3) is 5.09. The second-order valence-corrected chi connectivity index (χ2v) is 5.90. The quantitative estimate of drug-likeness (QED) is 0.663. The van der Waals surface area contributed by atoms with E-state index in [0.717, 1.165) is 18.7 Å². The number of hydrogen-bond donors (Lipinski definition) is 3. The smallest absolute Gasteiger partial charge is 0.248 e. The standard InChI is InChI=1S/C15H26N4O/c1-10(2)7-12(9-19(3)4)18-14-6-5-11(15(17)20)8-13(14)16/h5-6,8,10,12,18H,7,9,16H2,1-4H3,(H2,17,20). The van der Waals surface area contributed by atoms with Crippen molar-refractivity contribution in [3.63, 3.8) is 0 Å². The van der Waals surface area contributed by atoms with Crippen molar-refractivity contribution in [2.24, 2.45) is 11.7 Å². The van der Waals surface area contributed by atoms with Gasteiger partial charge >= 0.3 is 0 Å². The fourth-order valence-electron chi connectivity index (χ4n) is 2.26. The lowest BCUT2D eigenvalue weighted by Gasteiger charge is -2.25. The molecule has 5 heteroatoms. The fourth-order valence-corrected chi connectivity index (χ4v) is 2.26. The minimum absolute atomic E-state index is 0.312. The van der Waals surface area contributed by atoms with Gasteiger partial charge in [-0.2, -0.15) is 0 Å². The first-order chi connectivity index (χ1) is 9.29. The molecule has 0 aliphatic rings. The number of likely N-dealkylation sites (N-methyl/N-ethyl adjacent to an activating group) is 1. The zero-order valence-electron chi connectivity index (χ0n) is 12.8.